The van der Waals surface area contributed by atoms with Crippen molar-refractivity contribution < 1.29 is 36.2 Å². The zero-order chi connectivity index (χ0) is 24.7. The van der Waals surface area contributed by atoms with Gasteiger partial charge in [0.15, 0.2) is 17.4 Å². The second kappa shape index (κ2) is 8.80. The number of nitrogens with zero attached hydrogens (tertiary/aromatic N) is 4. The number of alkyl halides is 3. The van der Waals surface area contributed by atoms with Crippen LogP contribution in [0.5, 0.6) is 17.4 Å². The molecule has 0 amide bonds. The first kappa shape index (κ1) is 23.0. The second-order valence-electron chi connectivity index (χ2n) is 7.92. The first-order chi connectivity index (χ1) is 16.7. The van der Waals surface area contributed by atoms with E-state index in [0.29, 0.717) is 38.2 Å². The molecule has 0 radical (unpaired) electrons. The van der Waals surface area contributed by atoms with Crippen molar-refractivity contribution in [3.8, 4) is 17.4 Å². The van der Waals surface area contributed by atoms with Crippen LogP contribution in [-0.2, 0) is 24.1 Å². The van der Waals surface area contributed by atoms with Crippen LogP contribution in [0.4, 0.5) is 27.8 Å². The molecular weight excluding hydrogens is 479 g/mol. The second-order valence-corrected chi connectivity index (χ2v) is 7.92. The molecule has 184 valence electrons. The van der Waals surface area contributed by atoms with Crippen molar-refractivity contribution in [2.75, 3.05) is 24.7 Å². The van der Waals surface area contributed by atoms with E-state index >= 15 is 0 Å². The molecule has 1 unspecified atom stereocenters. The van der Waals surface area contributed by atoms with Gasteiger partial charge in [-0.3, -0.25) is 9.55 Å². The molecule has 2 aliphatic heterocycles. The lowest BCUT2D eigenvalue weighted by Gasteiger charge is -2.30. The summed E-state index contributed by atoms with van der Waals surface area (Å²) < 4.78 is 85.0. The topological polar surface area (TPSA) is 78.7 Å². The third kappa shape index (κ3) is 4.63. The molecule has 3 aromatic rings. The monoisotopic (exact) mass is 496 g/mol. The normalized spacial score (nSPS) is 17.2. The van der Waals surface area contributed by atoms with Crippen LogP contribution in [0.25, 0.3) is 0 Å². The van der Waals surface area contributed by atoms with Crippen LogP contribution in [0.15, 0.2) is 41.3 Å². The third-order valence-corrected chi connectivity index (χ3v) is 5.57. The molecule has 0 N–H and O–H groups in total. The smallest absolute Gasteiger partial charge is 0.433 e. The van der Waals surface area contributed by atoms with E-state index in [0.717, 1.165) is 24.4 Å². The van der Waals surface area contributed by atoms with Crippen LogP contribution in [0.3, 0.4) is 0 Å². The van der Waals surface area contributed by atoms with Crippen molar-refractivity contribution in [1.82, 2.24) is 14.5 Å². The summed E-state index contributed by atoms with van der Waals surface area (Å²) in [7, 11) is 0. The molecule has 0 saturated carbocycles. The van der Waals surface area contributed by atoms with Crippen LogP contribution >= 0.6 is 0 Å². The number of halogens is 5. The number of benzene rings is 1. The Bertz CT molecular complexity index is 1310. The SMILES string of the molecule is O=c1nc(OCc2cc(F)c(Oc3ccnc(C(F)(F)F)c3)c(F)c2)cc2n1CC1COCCN21. The van der Waals surface area contributed by atoms with E-state index in [1.54, 1.807) is 6.07 Å². The fraction of sp³-hybridized carbons (Fsp3) is 0.318. The number of pyridine rings is 1. The standard InChI is InChI=1S/C22H17F5N4O4/c23-15-5-12(6-16(24)20(15)35-14-1-2-28-17(7-14)22(25,26)27)10-34-18-8-19-30-3-4-33-11-13(30)9-31(19)21(32)29-18/h1-2,5-8,13H,3-4,9-11H2. The zero-order valence-corrected chi connectivity index (χ0v) is 17.9. The Labute approximate surface area is 194 Å². The van der Waals surface area contributed by atoms with E-state index in [2.05, 4.69) is 9.97 Å². The number of aromatic nitrogens is 3. The molecule has 2 aromatic heterocycles. The van der Waals surface area contributed by atoms with Gasteiger partial charge in [-0.2, -0.15) is 18.2 Å². The highest BCUT2D eigenvalue weighted by Crippen LogP contribution is 2.33. The quantitative estimate of drug-likeness (QED) is 0.500. The summed E-state index contributed by atoms with van der Waals surface area (Å²) in [6.45, 7) is 1.74. The number of rotatable bonds is 5. The molecule has 0 spiro atoms. The van der Waals surface area contributed by atoms with Gasteiger partial charge in [0.2, 0.25) is 5.88 Å². The largest absolute Gasteiger partial charge is 0.473 e. The van der Waals surface area contributed by atoms with Gasteiger partial charge in [0.25, 0.3) is 0 Å². The lowest BCUT2D eigenvalue weighted by molar-refractivity contribution is -0.141. The average molecular weight is 496 g/mol. The minimum Gasteiger partial charge on any atom is -0.473 e. The molecule has 1 aromatic carbocycles. The van der Waals surface area contributed by atoms with Crippen molar-refractivity contribution in [1.29, 1.82) is 0 Å². The lowest BCUT2D eigenvalue weighted by atomic mass is 10.2. The van der Waals surface area contributed by atoms with Crippen LogP contribution < -0.4 is 20.1 Å². The zero-order valence-electron chi connectivity index (χ0n) is 17.9. The Morgan fingerprint density at radius 1 is 1.14 bits per heavy atom. The summed E-state index contributed by atoms with van der Waals surface area (Å²) in [5, 5.41) is 0. The average Bonchev–Trinajstić information content (AvgIpc) is 3.19. The van der Waals surface area contributed by atoms with Crippen molar-refractivity contribution in [2.45, 2.75) is 25.4 Å². The molecule has 5 rings (SSSR count). The molecule has 0 aliphatic carbocycles. The van der Waals surface area contributed by atoms with Crippen LogP contribution in [0.2, 0.25) is 0 Å². The fourth-order valence-corrected chi connectivity index (χ4v) is 3.97. The van der Waals surface area contributed by atoms with E-state index in [4.69, 9.17) is 14.2 Å². The van der Waals surface area contributed by atoms with E-state index in [9.17, 15) is 26.7 Å². The third-order valence-electron chi connectivity index (χ3n) is 5.57. The van der Waals surface area contributed by atoms with E-state index < -0.39 is 40.7 Å². The lowest BCUT2D eigenvalue weighted by Crippen LogP contribution is -2.43. The Morgan fingerprint density at radius 2 is 1.91 bits per heavy atom. The van der Waals surface area contributed by atoms with Gasteiger partial charge in [0.05, 0.1) is 25.8 Å². The molecule has 1 saturated heterocycles. The summed E-state index contributed by atoms with van der Waals surface area (Å²) in [5.41, 5.74) is -1.71. The summed E-state index contributed by atoms with van der Waals surface area (Å²) in [6, 6.07) is 5.02. The predicted octanol–water partition coefficient (Wildman–Crippen LogP) is 3.53. The maximum atomic E-state index is 14.5. The number of hydrogen-bond acceptors (Lipinski definition) is 7. The molecule has 1 atom stereocenters. The Kier molecular flexibility index (Phi) is 5.79. The molecule has 8 nitrogen and oxygen atoms in total. The maximum Gasteiger partial charge on any atom is 0.433 e. The van der Waals surface area contributed by atoms with Gasteiger partial charge in [-0.25, -0.2) is 13.6 Å². The highest BCUT2D eigenvalue weighted by Gasteiger charge is 2.34. The maximum absolute atomic E-state index is 14.5. The number of ether oxygens (including phenoxy) is 3. The van der Waals surface area contributed by atoms with Gasteiger partial charge >= 0.3 is 11.9 Å². The van der Waals surface area contributed by atoms with Gasteiger partial charge in [-0.05, 0) is 23.8 Å². The van der Waals surface area contributed by atoms with Gasteiger partial charge < -0.3 is 19.1 Å². The van der Waals surface area contributed by atoms with Crippen molar-refractivity contribution in [3.05, 3.63) is 69.9 Å². The highest BCUT2D eigenvalue weighted by atomic mass is 19.4. The van der Waals surface area contributed by atoms with Gasteiger partial charge in [-0.1, -0.05) is 0 Å². The van der Waals surface area contributed by atoms with Crippen molar-refractivity contribution in [2.24, 2.45) is 0 Å². The number of hydrogen-bond donors (Lipinski definition) is 0. The van der Waals surface area contributed by atoms with Crippen molar-refractivity contribution in [3.63, 3.8) is 0 Å². The number of fused-ring (bicyclic) bond motifs is 3. The number of anilines is 1. The van der Waals surface area contributed by atoms with Crippen LogP contribution in [0, 0.1) is 11.6 Å². The fourth-order valence-electron chi connectivity index (χ4n) is 3.97. The van der Waals surface area contributed by atoms with Gasteiger partial charge in [-0.15, -0.1) is 0 Å². The Balaban J connectivity index is 1.31. The van der Waals surface area contributed by atoms with Crippen LogP contribution in [0.1, 0.15) is 11.3 Å². The highest BCUT2D eigenvalue weighted by molar-refractivity contribution is 5.47. The van der Waals surface area contributed by atoms with E-state index in [1.807, 2.05) is 4.90 Å². The van der Waals surface area contributed by atoms with Crippen molar-refractivity contribution >= 4 is 5.82 Å². The van der Waals surface area contributed by atoms with E-state index in [1.165, 1.54) is 4.57 Å². The van der Waals surface area contributed by atoms with Gasteiger partial charge in [0, 0.05) is 24.9 Å². The molecule has 2 aliphatic rings. The van der Waals surface area contributed by atoms with Crippen LogP contribution in [-0.4, -0.2) is 40.3 Å². The first-order valence-electron chi connectivity index (χ1n) is 10.5. The summed E-state index contributed by atoms with van der Waals surface area (Å²) in [5.74, 6) is -2.98. The summed E-state index contributed by atoms with van der Waals surface area (Å²) in [6.07, 6.45) is -3.92. The molecule has 35 heavy (non-hydrogen) atoms. The Morgan fingerprint density at radius 3 is 2.66 bits per heavy atom. The molecule has 0 bridgehead atoms. The van der Waals surface area contributed by atoms with Gasteiger partial charge in [0.1, 0.15) is 23.9 Å². The molecular formula is C22H17F5N4O4. The minimum atomic E-state index is -4.74. The predicted molar refractivity (Wildman–Crippen MR) is 110 cm³/mol. The summed E-state index contributed by atoms with van der Waals surface area (Å²) in [4.78, 5) is 21.5. The molecule has 1 fully saturated rings. The minimum absolute atomic E-state index is 0.00833. The summed E-state index contributed by atoms with van der Waals surface area (Å²) >= 11 is 0. The Hall–Kier alpha value is -3.74. The van der Waals surface area contributed by atoms with E-state index in [-0.39, 0.29) is 24.1 Å². The number of morpholine rings is 1. The molecule has 13 heteroatoms. The molecule has 4 heterocycles. The first-order valence-corrected chi connectivity index (χ1v) is 10.5.